The largest absolute Gasteiger partial charge is 0.308 e. The van der Waals surface area contributed by atoms with Crippen LogP contribution in [0.25, 0.3) is 0 Å². The summed E-state index contributed by atoms with van der Waals surface area (Å²) in [4.78, 5) is 17.5. The molecule has 1 saturated heterocycles. The first-order valence-corrected chi connectivity index (χ1v) is 10.3. The van der Waals surface area contributed by atoms with E-state index in [1.54, 1.807) is 0 Å². The first-order valence-electron chi connectivity index (χ1n) is 10.3. The highest BCUT2D eigenvalue weighted by Crippen LogP contribution is 2.39. The number of amides is 1. The fourth-order valence-electron chi connectivity index (χ4n) is 5.26. The number of carbonyl (C=O) groups excluding carboxylic acids is 1. The lowest BCUT2D eigenvalue weighted by Gasteiger charge is -2.42. The minimum absolute atomic E-state index is 0.0984. The quantitative estimate of drug-likeness (QED) is 0.779. The van der Waals surface area contributed by atoms with Gasteiger partial charge in [0.2, 0.25) is 5.91 Å². The number of nitrogens with zero attached hydrogens (tertiary/aromatic N) is 2. The summed E-state index contributed by atoms with van der Waals surface area (Å²) in [6.45, 7) is 12.0. The summed E-state index contributed by atoms with van der Waals surface area (Å²) in [5.41, 5.74) is 5.04. The minimum atomic E-state index is -0.0984. The van der Waals surface area contributed by atoms with Crippen molar-refractivity contribution in [1.82, 2.24) is 9.80 Å². The number of allylic oxidation sites excluding steroid dienone is 2. The molecule has 3 heteroatoms. The van der Waals surface area contributed by atoms with Gasteiger partial charge in [-0.25, -0.2) is 0 Å². The van der Waals surface area contributed by atoms with Crippen LogP contribution in [0.3, 0.4) is 0 Å². The lowest BCUT2D eigenvalue weighted by Crippen LogP contribution is -2.47. The SMILES string of the molecule is C=CC1=C(C=C)N(C2CCN(C3CCCc4ccccc43)CC2)C(=O)C1C. The van der Waals surface area contributed by atoms with E-state index >= 15 is 0 Å². The van der Waals surface area contributed by atoms with E-state index in [2.05, 4.69) is 42.3 Å². The van der Waals surface area contributed by atoms with E-state index in [0.29, 0.717) is 6.04 Å². The molecule has 4 rings (SSSR count). The van der Waals surface area contributed by atoms with Crippen LogP contribution < -0.4 is 0 Å². The molecule has 3 aliphatic rings. The zero-order valence-corrected chi connectivity index (χ0v) is 16.4. The molecule has 1 aromatic carbocycles. The van der Waals surface area contributed by atoms with E-state index in [9.17, 15) is 4.79 Å². The van der Waals surface area contributed by atoms with Crippen molar-refractivity contribution in [2.45, 2.75) is 51.1 Å². The number of benzene rings is 1. The number of hydrogen-bond acceptors (Lipinski definition) is 2. The molecule has 2 heterocycles. The third-order valence-corrected chi connectivity index (χ3v) is 6.69. The number of likely N-dealkylation sites (tertiary alicyclic amines) is 1. The first-order chi connectivity index (χ1) is 13.2. The topological polar surface area (TPSA) is 23.6 Å². The number of rotatable bonds is 4. The maximum Gasteiger partial charge on any atom is 0.234 e. The molecule has 0 bridgehead atoms. The summed E-state index contributed by atoms with van der Waals surface area (Å²) in [7, 11) is 0. The Bertz CT molecular complexity index is 785. The van der Waals surface area contributed by atoms with E-state index < -0.39 is 0 Å². The molecule has 1 fully saturated rings. The predicted molar refractivity (Wildman–Crippen MR) is 110 cm³/mol. The second kappa shape index (κ2) is 7.47. The normalized spacial score (nSPS) is 27.0. The summed E-state index contributed by atoms with van der Waals surface area (Å²) in [5.74, 6) is 0.111. The smallest absolute Gasteiger partial charge is 0.234 e. The van der Waals surface area contributed by atoms with Crippen LogP contribution in [0.5, 0.6) is 0 Å². The number of fused-ring (bicyclic) bond motifs is 1. The highest BCUT2D eigenvalue weighted by atomic mass is 16.2. The van der Waals surface area contributed by atoms with E-state index in [4.69, 9.17) is 0 Å². The maximum absolute atomic E-state index is 12.9. The molecule has 1 amide bonds. The molecular weight excluding hydrogens is 332 g/mol. The van der Waals surface area contributed by atoms with E-state index in [0.717, 1.165) is 37.2 Å². The maximum atomic E-state index is 12.9. The summed E-state index contributed by atoms with van der Waals surface area (Å²) in [6, 6.07) is 9.75. The number of aryl methyl sites for hydroxylation is 1. The van der Waals surface area contributed by atoms with Gasteiger partial charge in [0, 0.05) is 30.9 Å². The van der Waals surface area contributed by atoms with Gasteiger partial charge in [0.25, 0.3) is 0 Å². The monoisotopic (exact) mass is 362 g/mol. The Balaban J connectivity index is 1.49. The van der Waals surface area contributed by atoms with Crippen molar-refractivity contribution in [3.8, 4) is 0 Å². The Kier molecular flexibility index (Phi) is 5.05. The highest BCUT2D eigenvalue weighted by Gasteiger charge is 2.40. The van der Waals surface area contributed by atoms with Crippen LogP contribution in [0, 0.1) is 5.92 Å². The van der Waals surface area contributed by atoms with Gasteiger partial charge in [0.15, 0.2) is 0 Å². The molecule has 2 unspecified atom stereocenters. The molecule has 2 atom stereocenters. The van der Waals surface area contributed by atoms with Crippen molar-refractivity contribution in [2.75, 3.05) is 13.1 Å². The van der Waals surface area contributed by atoms with Crippen molar-refractivity contribution < 1.29 is 4.79 Å². The lowest BCUT2D eigenvalue weighted by atomic mass is 9.85. The van der Waals surface area contributed by atoms with Crippen LogP contribution in [-0.2, 0) is 11.2 Å². The zero-order chi connectivity index (χ0) is 19.0. The van der Waals surface area contributed by atoms with Gasteiger partial charge in [0.1, 0.15) is 0 Å². The Labute approximate surface area is 163 Å². The molecule has 27 heavy (non-hydrogen) atoms. The van der Waals surface area contributed by atoms with Crippen LogP contribution in [0.2, 0.25) is 0 Å². The average Bonchev–Trinajstić information content (AvgIpc) is 2.97. The lowest BCUT2D eigenvalue weighted by molar-refractivity contribution is -0.132. The summed E-state index contributed by atoms with van der Waals surface area (Å²) >= 11 is 0. The molecule has 3 nitrogen and oxygen atoms in total. The fourth-order valence-corrected chi connectivity index (χ4v) is 5.26. The Morgan fingerprint density at radius 3 is 2.52 bits per heavy atom. The second-order valence-electron chi connectivity index (χ2n) is 8.05. The van der Waals surface area contributed by atoms with Crippen LogP contribution >= 0.6 is 0 Å². The van der Waals surface area contributed by atoms with Gasteiger partial charge < -0.3 is 4.90 Å². The van der Waals surface area contributed by atoms with Crippen LogP contribution in [0.1, 0.15) is 49.8 Å². The van der Waals surface area contributed by atoms with E-state index in [-0.39, 0.29) is 17.9 Å². The molecule has 0 spiro atoms. The van der Waals surface area contributed by atoms with Crippen LogP contribution in [0.4, 0.5) is 0 Å². The number of hydrogen-bond donors (Lipinski definition) is 0. The van der Waals surface area contributed by atoms with Crippen molar-refractivity contribution in [2.24, 2.45) is 5.92 Å². The van der Waals surface area contributed by atoms with E-state index in [1.165, 1.54) is 30.4 Å². The Morgan fingerprint density at radius 1 is 1.07 bits per heavy atom. The molecule has 0 saturated carbocycles. The molecule has 142 valence electrons. The van der Waals surface area contributed by atoms with Crippen LogP contribution in [-0.4, -0.2) is 34.8 Å². The number of piperidine rings is 1. The van der Waals surface area contributed by atoms with Gasteiger partial charge >= 0.3 is 0 Å². The highest BCUT2D eigenvalue weighted by molar-refractivity contribution is 5.88. The molecule has 1 aromatic rings. The Morgan fingerprint density at radius 2 is 1.81 bits per heavy atom. The molecule has 1 aliphatic carbocycles. The Hall–Kier alpha value is -2.13. The van der Waals surface area contributed by atoms with E-state index in [1.807, 2.05) is 24.0 Å². The van der Waals surface area contributed by atoms with Gasteiger partial charge in [-0.2, -0.15) is 0 Å². The summed E-state index contributed by atoms with van der Waals surface area (Å²) < 4.78 is 0. The molecule has 0 aromatic heterocycles. The minimum Gasteiger partial charge on any atom is -0.308 e. The van der Waals surface area contributed by atoms with Crippen molar-refractivity contribution in [3.05, 3.63) is 72.0 Å². The van der Waals surface area contributed by atoms with Crippen molar-refractivity contribution >= 4 is 5.91 Å². The first kappa shape index (κ1) is 18.2. The van der Waals surface area contributed by atoms with Gasteiger partial charge in [-0.05, 0) is 61.8 Å². The van der Waals surface area contributed by atoms with Gasteiger partial charge in [0.05, 0.1) is 5.92 Å². The third-order valence-electron chi connectivity index (χ3n) is 6.69. The van der Waals surface area contributed by atoms with Gasteiger partial charge in [-0.1, -0.05) is 43.5 Å². The summed E-state index contributed by atoms with van der Waals surface area (Å²) in [6.07, 6.45) is 9.45. The van der Waals surface area contributed by atoms with Gasteiger partial charge in [-0.3, -0.25) is 9.69 Å². The predicted octanol–water partition coefficient (Wildman–Crippen LogP) is 4.63. The number of carbonyl (C=O) groups is 1. The average molecular weight is 363 g/mol. The fraction of sp³-hybridized carbons (Fsp3) is 0.458. The summed E-state index contributed by atoms with van der Waals surface area (Å²) in [5, 5.41) is 0. The molecule has 2 aliphatic heterocycles. The second-order valence-corrected chi connectivity index (χ2v) is 8.05. The van der Waals surface area contributed by atoms with Gasteiger partial charge in [-0.15, -0.1) is 0 Å². The molecular formula is C24H30N2O. The molecule has 0 radical (unpaired) electrons. The molecule has 0 N–H and O–H groups in total. The standard InChI is InChI=1S/C24H30N2O/c1-4-20-17(3)24(27)26(22(20)5-2)19-13-15-25(16-14-19)23-12-8-10-18-9-6-7-11-21(18)23/h4-7,9,11,17,19,23H,1-2,8,10,12-16H2,3H3. The zero-order valence-electron chi connectivity index (χ0n) is 16.4. The van der Waals surface area contributed by atoms with Crippen LogP contribution in [0.15, 0.2) is 60.8 Å². The third kappa shape index (κ3) is 3.08. The van der Waals surface area contributed by atoms with Crippen molar-refractivity contribution in [1.29, 1.82) is 0 Å². The van der Waals surface area contributed by atoms with Crippen molar-refractivity contribution in [3.63, 3.8) is 0 Å².